The van der Waals surface area contributed by atoms with Gasteiger partial charge < -0.3 is 24.1 Å². The number of hydrogen-bond donors (Lipinski definition) is 2. The largest absolute Gasteiger partial charge is 0.492 e. The van der Waals surface area contributed by atoms with Crippen molar-refractivity contribution in [2.45, 2.75) is 25.0 Å². The molecule has 9 nitrogen and oxygen atoms in total. The number of aliphatic carboxylic acids is 2. The third kappa shape index (κ3) is 10.1. The van der Waals surface area contributed by atoms with Gasteiger partial charge in [0, 0.05) is 37.2 Å². The molecule has 0 saturated carbocycles. The van der Waals surface area contributed by atoms with E-state index in [1.165, 1.54) is 0 Å². The Balaban J connectivity index is 0.000000286. The van der Waals surface area contributed by atoms with Crippen LogP contribution in [0.5, 0.6) is 5.75 Å². The van der Waals surface area contributed by atoms with Gasteiger partial charge in [0.1, 0.15) is 11.5 Å². The summed E-state index contributed by atoms with van der Waals surface area (Å²) in [4.78, 5) is 24.2. The molecule has 4 rings (SSSR count). The first-order valence-electron chi connectivity index (χ1n) is 10.4. The fourth-order valence-electron chi connectivity index (χ4n) is 3.48. The number of hydrogen-bond acceptors (Lipinski definition) is 7. The summed E-state index contributed by atoms with van der Waals surface area (Å²) >= 11 is 5.93. The van der Waals surface area contributed by atoms with Crippen LogP contribution in [0, 0.1) is 11.8 Å². The highest BCUT2D eigenvalue weighted by Gasteiger charge is 2.44. The number of carbonyl (C=O) groups is 2. The first kappa shape index (κ1) is 30.2. The molecule has 2 aliphatic heterocycles. The van der Waals surface area contributed by atoms with Gasteiger partial charge in [0.15, 0.2) is 0 Å². The van der Waals surface area contributed by atoms with Crippen molar-refractivity contribution in [1.29, 1.82) is 0 Å². The first-order chi connectivity index (χ1) is 17.2. The molecule has 4 heterocycles. The highest BCUT2D eigenvalue weighted by Crippen LogP contribution is 2.34. The molecule has 2 aromatic rings. The standard InChI is InChI=1S/C17H19ClN2O3.2C2HF3O2/c18-13-4-15(6-19-5-13)22-10-12-11-23-17-9-20(8-16(12)17)7-14-2-1-3-21-14;2*3-2(4,5)1(6)7/h1-6,12,16-17H,7-11H2;2*(H,6,7)/t12-,16-,17-;;/m1../s1. The van der Waals surface area contributed by atoms with Crippen molar-refractivity contribution < 1.29 is 60.0 Å². The monoisotopic (exact) mass is 562 g/mol. The third-order valence-electron chi connectivity index (χ3n) is 5.10. The van der Waals surface area contributed by atoms with E-state index < -0.39 is 24.3 Å². The zero-order chi connectivity index (χ0) is 27.8. The van der Waals surface area contributed by atoms with Crippen molar-refractivity contribution in [1.82, 2.24) is 9.88 Å². The Morgan fingerprint density at radius 3 is 2.24 bits per heavy atom. The smallest absolute Gasteiger partial charge is 0.490 e. The van der Waals surface area contributed by atoms with Crippen LogP contribution in [0.2, 0.25) is 5.02 Å². The second-order valence-corrected chi connectivity index (χ2v) is 8.26. The number of aromatic nitrogens is 1. The quantitative estimate of drug-likeness (QED) is 0.518. The number of carboxylic acid groups (broad SMARTS) is 2. The van der Waals surface area contributed by atoms with Gasteiger partial charge in [0.2, 0.25) is 0 Å². The summed E-state index contributed by atoms with van der Waals surface area (Å²) in [5.74, 6) is -2.88. The van der Waals surface area contributed by atoms with Crippen LogP contribution in [0.15, 0.2) is 41.3 Å². The average molecular weight is 563 g/mol. The molecule has 2 N–H and O–H groups in total. The predicted molar refractivity (Wildman–Crippen MR) is 113 cm³/mol. The SMILES string of the molecule is Clc1cncc(OC[C@@H]2CO[C@@H]3CN(Cc4ccco4)C[C@H]23)c1.O=C(O)C(F)(F)F.O=C(O)C(F)(F)F. The number of fused-ring (bicyclic) bond motifs is 1. The van der Waals surface area contributed by atoms with E-state index in [0.717, 1.165) is 32.0 Å². The molecule has 0 unspecified atom stereocenters. The Morgan fingerprint density at radius 1 is 1.11 bits per heavy atom. The molecule has 0 radical (unpaired) electrons. The maximum atomic E-state index is 10.6. The fraction of sp³-hybridized carbons (Fsp3) is 0.476. The molecule has 0 aromatic carbocycles. The van der Waals surface area contributed by atoms with E-state index in [1.807, 2.05) is 12.1 Å². The van der Waals surface area contributed by atoms with Crippen molar-refractivity contribution in [2.75, 3.05) is 26.3 Å². The zero-order valence-electron chi connectivity index (χ0n) is 18.7. The van der Waals surface area contributed by atoms with Gasteiger partial charge in [-0.2, -0.15) is 26.3 Å². The molecular weight excluding hydrogens is 542 g/mol. The molecule has 37 heavy (non-hydrogen) atoms. The van der Waals surface area contributed by atoms with Gasteiger partial charge in [0.05, 0.1) is 43.3 Å². The van der Waals surface area contributed by atoms with Crippen molar-refractivity contribution in [3.63, 3.8) is 0 Å². The van der Waals surface area contributed by atoms with Crippen LogP contribution in [0.3, 0.4) is 0 Å². The van der Waals surface area contributed by atoms with Crippen molar-refractivity contribution >= 4 is 23.5 Å². The summed E-state index contributed by atoms with van der Waals surface area (Å²) in [5.41, 5.74) is 0. The lowest BCUT2D eigenvalue weighted by Crippen LogP contribution is -2.26. The summed E-state index contributed by atoms with van der Waals surface area (Å²) in [6.07, 6.45) is -4.85. The molecule has 0 spiro atoms. The van der Waals surface area contributed by atoms with Gasteiger partial charge in [-0.3, -0.25) is 9.88 Å². The number of carboxylic acids is 2. The van der Waals surface area contributed by atoms with Gasteiger partial charge in [-0.05, 0) is 12.1 Å². The normalized spacial score (nSPS) is 21.2. The average Bonchev–Trinajstić information content (AvgIpc) is 3.51. The number of nitrogens with zero attached hydrogens (tertiary/aromatic N) is 2. The third-order valence-corrected chi connectivity index (χ3v) is 5.31. The Hall–Kier alpha value is -3.04. The Kier molecular flexibility index (Phi) is 10.6. The number of rotatable bonds is 5. The number of pyridine rings is 1. The van der Waals surface area contributed by atoms with E-state index in [0.29, 0.717) is 35.3 Å². The molecule has 16 heteroatoms. The molecule has 2 aliphatic rings. The molecule has 3 atom stereocenters. The Labute approximate surface area is 210 Å². The summed E-state index contributed by atoms with van der Waals surface area (Å²) in [6, 6.07) is 5.74. The number of furan rings is 1. The second-order valence-electron chi connectivity index (χ2n) is 7.82. The minimum atomic E-state index is -5.08. The van der Waals surface area contributed by atoms with E-state index >= 15 is 0 Å². The van der Waals surface area contributed by atoms with Crippen molar-refractivity contribution in [2.24, 2.45) is 11.8 Å². The van der Waals surface area contributed by atoms with Crippen LogP contribution in [0.1, 0.15) is 5.76 Å². The minimum absolute atomic E-state index is 0.302. The zero-order valence-corrected chi connectivity index (χ0v) is 19.5. The molecule has 2 fully saturated rings. The number of alkyl halides is 6. The van der Waals surface area contributed by atoms with Crippen LogP contribution < -0.4 is 4.74 Å². The van der Waals surface area contributed by atoms with Crippen LogP contribution in [0.25, 0.3) is 0 Å². The molecular formula is C21H21ClF6N2O7. The minimum Gasteiger partial charge on any atom is -0.492 e. The number of likely N-dealkylation sites (tertiary alicyclic amines) is 1. The van der Waals surface area contributed by atoms with Gasteiger partial charge in [0.25, 0.3) is 0 Å². The Morgan fingerprint density at radius 2 is 1.73 bits per heavy atom. The molecule has 0 bridgehead atoms. The number of ether oxygens (including phenoxy) is 2. The summed E-state index contributed by atoms with van der Waals surface area (Å²) in [7, 11) is 0. The van der Waals surface area contributed by atoms with E-state index in [9.17, 15) is 26.3 Å². The fourth-order valence-corrected chi connectivity index (χ4v) is 3.64. The van der Waals surface area contributed by atoms with Gasteiger partial charge in [-0.1, -0.05) is 11.6 Å². The van der Waals surface area contributed by atoms with E-state index in [2.05, 4.69) is 9.88 Å². The topological polar surface area (TPSA) is 122 Å². The molecule has 2 aromatic heterocycles. The maximum Gasteiger partial charge on any atom is 0.490 e. The van der Waals surface area contributed by atoms with Gasteiger partial charge >= 0.3 is 24.3 Å². The van der Waals surface area contributed by atoms with Crippen LogP contribution in [0.4, 0.5) is 26.3 Å². The van der Waals surface area contributed by atoms with E-state index in [-0.39, 0.29) is 0 Å². The summed E-state index contributed by atoms with van der Waals surface area (Å²) in [6.45, 7) is 4.22. The number of halogens is 7. The lowest BCUT2D eigenvalue weighted by atomic mass is 9.94. The Bertz CT molecular complexity index is 996. The first-order valence-corrected chi connectivity index (χ1v) is 10.7. The molecule has 0 aliphatic carbocycles. The van der Waals surface area contributed by atoms with Crippen molar-refractivity contribution in [3.05, 3.63) is 47.6 Å². The van der Waals surface area contributed by atoms with Crippen LogP contribution >= 0.6 is 11.6 Å². The van der Waals surface area contributed by atoms with Crippen LogP contribution in [-0.2, 0) is 20.9 Å². The highest BCUT2D eigenvalue weighted by molar-refractivity contribution is 6.30. The molecule has 2 saturated heterocycles. The summed E-state index contributed by atoms with van der Waals surface area (Å²) < 4.78 is 80.7. The second kappa shape index (κ2) is 13.0. The van der Waals surface area contributed by atoms with Gasteiger partial charge in [-0.25, -0.2) is 9.59 Å². The van der Waals surface area contributed by atoms with E-state index in [1.54, 1.807) is 24.7 Å². The molecule has 0 amide bonds. The molecule has 206 valence electrons. The highest BCUT2D eigenvalue weighted by atomic mass is 35.5. The lowest BCUT2D eigenvalue weighted by molar-refractivity contribution is -0.193. The summed E-state index contributed by atoms with van der Waals surface area (Å²) in [5, 5.41) is 14.8. The lowest BCUT2D eigenvalue weighted by Gasteiger charge is -2.19. The van der Waals surface area contributed by atoms with Crippen LogP contribution in [-0.4, -0.2) is 76.8 Å². The van der Waals surface area contributed by atoms with Crippen molar-refractivity contribution in [3.8, 4) is 5.75 Å². The van der Waals surface area contributed by atoms with Gasteiger partial charge in [-0.15, -0.1) is 0 Å². The van der Waals surface area contributed by atoms with E-state index in [4.69, 9.17) is 45.3 Å². The predicted octanol–water partition coefficient (Wildman–Crippen LogP) is 4.12. The maximum absolute atomic E-state index is 10.6.